The molecule has 1 amide bonds. The molecule has 0 bridgehead atoms. The molecule has 112 valence electrons. The Morgan fingerprint density at radius 3 is 2.76 bits per heavy atom. The molecule has 1 fully saturated rings. The Morgan fingerprint density at radius 1 is 1.43 bits per heavy atom. The molecule has 0 aromatic heterocycles. The number of carbonyl (C=O) groups is 2. The highest BCUT2D eigenvalue weighted by Crippen LogP contribution is 2.23. The van der Waals surface area contributed by atoms with Crippen LogP contribution in [0.2, 0.25) is 0 Å². The lowest BCUT2D eigenvalue weighted by Gasteiger charge is -2.16. The maximum Gasteiger partial charge on any atom is 0.311 e. The number of rotatable bonds is 4. The third-order valence-electron chi connectivity index (χ3n) is 3.39. The van der Waals surface area contributed by atoms with E-state index in [0.717, 1.165) is 0 Å². The highest BCUT2D eigenvalue weighted by atomic mass is 16.6. The molecule has 0 saturated carbocycles. The molecule has 0 aliphatic carbocycles. The fourth-order valence-corrected chi connectivity index (χ4v) is 2.28. The Labute approximate surface area is 119 Å². The molecule has 8 heteroatoms. The summed E-state index contributed by atoms with van der Waals surface area (Å²) < 4.78 is 5.05. The van der Waals surface area contributed by atoms with Crippen molar-refractivity contribution in [3.05, 3.63) is 39.4 Å². The third kappa shape index (κ3) is 3.00. The fraction of sp³-hybridized carbons (Fsp3) is 0.385. The van der Waals surface area contributed by atoms with E-state index in [0.29, 0.717) is 5.56 Å². The average molecular weight is 294 g/mol. The first-order valence-electron chi connectivity index (χ1n) is 6.27. The van der Waals surface area contributed by atoms with Gasteiger partial charge in [-0.1, -0.05) is 12.1 Å². The molecule has 21 heavy (non-hydrogen) atoms. The molecular weight excluding hydrogens is 280 g/mol. The standard InChI is InChI=1S/C13H14N2O6/c1-7-3-2-4-10(15(19)20)11(7)12(16)14-9-6-21-5-8(9)13(17)18/h2-4,8-9H,5-6H2,1H3,(H,14,16)(H,17,18). The number of hydrogen-bond donors (Lipinski definition) is 2. The minimum atomic E-state index is -1.07. The topological polar surface area (TPSA) is 119 Å². The quantitative estimate of drug-likeness (QED) is 0.624. The molecule has 1 aromatic rings. The molecular formula is C13H14N2O6. The summed E-state index contributed by atoms with van der Waals surface area (Å²) in [5.74, 6) is -2.59. The van der Waals surface area contributed by atoms with Gasteiger partial charge in [0, 0.05) is 6.07 Å². The van der Waals surface area contributed by atoms with Crippen LogP contribution in [0.15, 0.2) is 18.2 Å². The average Bonchev–Trinajstić information content (AvgIpc) is 2.86. The van der Waals surface area contributed by atoms with Crippen LogP contribution in [0.4, 0.5) is 5.69 Å². The number of carboxylic acid groups (broad SMARTS) is 1. The smallest absolute Gasteiger partial charge is 0.311 e. The van der Waals surface area contributed by atoms with Gasteiger partial charge in [-0.15, -0.1) is 0 Å². The van der Waals surface area contributed by atoms with E-state index in [1.165, 1.54) is 12.1 Å². The predicted molar refractivity (Wildman–Crippen MR) is 71.0 cm³/mol. The van der Waals surface area contributed by atoms with E-state index in [4.69, 9.17) is 9.84 Å². The van der Waals surface area contributed by atoms with Gasteiger partial charge < -0.3 is 15.2 Å². The molecule has 2 rings (SSSR count). The van der Waals surface area contributed by atoms with Gasteiger partial charge in [-0.25, -0.2) is 0 Å². The van der Waals surface area contributed by atoms with Crippen molar-refractivity contribution in [2.75, 3.05) is 13.2 Å². The first-order chi connectivity index (χ1) is 9.91. The van der Waals surface area contributed by atoms with Crippen LogP contribution in [0.25, 0.3) is 0 Å². The van der Waals surface area contributed by atoms with Crippen molar-refractivity contribution >= 4 is 17.6 Å². The van der Waals surface area contributed by atoms with Gasteiger partial charge in [0.25, 0.3) is 11.6 Å². The Hall–Kier alpha value is -2.48. The molecule has 2 unspecified atom stereocenters. The van der Waals surface area contributed by atoms with Crippen LogP contribution in [-0.4, -0.2) is 41.2 Å². The van der Waals surface area contributed by atoms with Gasteiger partial charge >= 0.3 is 5.97 Å². The molecule has 1 saturated heterocycles. The minimum absolute atomic E-state index is 0.0101. The molecule has 0 spiro atoms. The van der Waals surface area contributed by atoms with Crippen molar-refractivity contribution in [2.45, 2.75) is 13.0 Å². The van der Waals surface area contributed by atoms with Crippen LogP contribution in [0, 0.1) is 23.0 Å². The van der Waals surface area contributed by atoms with Crippen LogP contribution in [0.5, 0.6) is 0 Å². The molecule has 0 radical (unpaired) electrons. The summed E-state index contributed by atoms with van der Waals surface area (Å²) in [6, 6.07) is 3.61. The second kappa shape index (κ2) is 5.88. The van der Waals surface area contributed by atoms with Crippen LogP contribution in [0.3, 0.4) is 0 Å². The summed E-state index contributed by atoms with van der Waals surface area (Å²) >= 11 is 0. The van der Waals surface area contributed by atoms with Crippen LogP contribution >= 0.6 is 0 Å². The number of carboxylic acids is 1. The highest BCUT2D eigenvalue weighted by Gasteiger charge is 2.36. The molecule has 2 N–H and O–H groups in total. The summed E-state index contributed by atoms with van der Waals surface area (Å²) in [6.07, 6.45) is 0. The van der Waals surface area contributed by atoms with E-state index in [2.05, 4.69) is 5.32 Å². The zero-order chi connectivity index (χ0) is 15.6. The highest BCUT2D eigenvalue weighted by molar-refractivity contribution is 6.00. The summed E-state index contributed by atoms with van der Waals surface area (Å²) in [6.45, 7) is 1.67. The first kappa shape index (κ1) is 14.9. The number of ether oxygens (including phenoxy) is 1. The number of aliphatic carboxylic acids is 1. The maximum absolute atomic E-state index is 12.3. The lowest BCUT2D eigenvalue weighted by Crippen LogP contribution is -2.43. The van der Waals surface area contributed by atoms with Gasteiger partial charge in [-0.2, -0.15) is 0 Å². The largest absolute Gasteiger partial charge is 0.481 e. The number of nitro groups is 1. The molecule has 1 heterocycles. The number of nitro benzene ring substituents is 1. The summed E-state index contributed by atoms with van der Waals surface area (Å²) in [5.41, 5.74) is 0.0873. The van der Waals surface area contributed by atoms with Crippen LogP contribution < -0.4 is 5.32 Å². The van der Waals surface area contributed by atoms with E-state index in [9.17, 15) is 19.7 Å². The van der Waals surface area contributed by atoms with Crippen molar-refractivity contribution in [3.63, 3.8) is 0 Å². The predicted octanol–water partition coefficient (Wildman–Crippen LogP) is 0.733. The Kier molecular flexibility index (Phi) is 4.18. The Morgan fingerprint density at radius 2 is 2.14 bits per heavy atom. The van der Waals surface area contributed by atoms with Gasteiger partial charge in [0.05, 0.1) is 24.2 Å². The van der Waals surface area contributed by atoms with Gasteiger partial charge in [-0.3, -0.25) is 19.7 Å². The Balaban J connectivity index is 2.25. The van der Waals surface area contributed by atoms with Crippen LogP contribution in [0.1, 0.15) is 15.9 Å². The number of benzene rings is 1. The first-order valence-corrected chi connectivity index (χ1v) is 6.27. The van der Waals surface area contributed by atoms with E-state index >= 15 is 0 Å². The SMILES string of the molecule is Cc1cccc([N+](=O)[O-])c1C(=O)NC1COCC1C(=O)O. The fourth-order valence-electron chi connectivity index (χ4n) is 2.28. The maximum atomic E-state index is 12.3. The van der Waals surface area contributed by atoms with E-state index in [1.807, 2.05) is 0 Å². The molecule has 1 aliphatic rings. The summed E-state index contributed by atoms with van der Waals surface area (Å²) in [5, 5.41) is 22.5. The second-order valence-electron chi connectivity index (χ2n) is 4.79. The number of hydrogen-bond acceptors (Lipinski definition) is 5. The summed E-state index contributed by atoms with van der Waals surface area (Å²) in [4.78, 5) is 33.6. The number of aryl methyl sites for hydroxylation is 1. The normalized spacial score (nSPS) is 21.0. The van der Waals surface area contributed by atoms with Crippen molar-refractivity contribution in [1.29, 1.82) is 0 Å². The molecule has 1 aromatic carbocycles. The number of nitrogens with zero attached hydrogens (tertiary/aromatic N) is 1. The van der Waals surface area contributed by atoms with Crippen molar-refractivity contribution in [3.8, 4) is 0 Å². The van der Waals surface area contributed by atoms with Crippen LogP contribution in [-0.2, 0) is 9.53 Å². The van der Waals surface area contributed by atoms with E-state index in [1.54, 1.807) is 13.0 Å². The third-order valence-corrected chi connectivity index (χ3v) is 3.39. The van der Waals surface area contributed by atoms with E-state index < -0.39 is 28.8 Å². The van der Waals surface area contributed by atoms with Gasteiger partial charge in [0.15, 0.2) is 0 Å². The van der Waals surface area contributed by atoms with Crippen molar-refractivity contribution in [1.82, 2.24) is 5.32 Å². The lowest BCUT2D eigenvalue weighted by molar-refractivity contribution is -0.385. The zero-order valence-electron chi connectivity index (χ0n) is 11.2. The van der Waals surface area contributed by atoms with Gasteiger partial charge in [0.1, 0.15) is 11.5 Å². The lowest BCUT2D eigenvalue weighted by atomic mass is 10.0. The second-order valence-corrected chi connectivity index (χ2v) is 4.79. The zero-order valence-corrected chi connectivity index (χ0v) is 11.2. The number of carbonyl (C=O) groups excluding carboxylic acids is 1. The number of amides is 1. The van der Waals surface area contributed by atoms with Gasteiger partial charge in [0.2, 0.25) is 0 Å². The van der Waals surface area contributed by atoms with Gasteiger partial charge in [-0.05, 0) is 12.5 Å². The number of nitrogens with one attached hydrogen (secondary N) is 1. The van der Waals surface area contributed by atoms with Crippen molar-refractivity contribution in [2.24, 2.45) is 5.92 Å². The van der Waals surface area contributed by atoms with E-state index in [-0.39, 0.29) is 24.5 Å². The summed E-state index contributed by atoms with van der Waals surface area (Å²) in [7, 11) is 0. The minimum Gasteiger partial charge on any atom is -0.481 e. The monoisotopic (exact) mass is 294 g/mol. The molecule has 8 nitrogen and oxygen atoms in total. The van der Waals surface area contributed by atoms with Crippen molar-refractivity contribution < 1.29 is 24.4 Å². The Bertz CT molecular complexity index is 600. The molecule has 2 atom stereocenters. The molecule has 1 aliphatic heterocycles.